The fourth-order valence-corrected chi connectivity index (χ4v) is 1.37. The van der Waals surface area contributed by atoms with E-state index in [1.165, 1.54) is 51.6 Å². The first-order chi connectivity index (χ1) is 5.91. The second kappa shape index (κ2) is 11.3. The molecule has 0 aromatic rings. The number of unbranched alkanes of at least 4 members (excludes halogenated alkanes) is 4. The van der Waals surface area contributed by atoms with Crippen molar-refractivity contribution in [1.82, 2.24) is 5.32 Å². The SMILES string of the molecule is CCCCNCCCCCCS. The van der Waals surface area contributed by atoms with Gasteiger partial charge in [0.1, 0.15) is 0 Å². The second-order valence-corrected chi connectivity index (χ2v) is 3.69. The van der Waals surface area contributed by atoms with E-state index in [2.05, 4.69) is 24.9 Å². The molecule has 0 bridgehead atoms. The minimum Gasteiger partial charge on any atom is -0.317 e. The summed E-state index contributed by atoms with van der Waals surface area (Å²) in [4.78, 5) is 0. The highest BCUT2D eigenvalue weighted by atomic mass is 32.1. The normalized spacial score (nSPS) is 10.5. The average molecular weight is 189 g/mol. The molecule has 0 aliphatic carbocycles. The van der Waals surface area contributed by atoms with E-state index in [0.29, 0.717) is 0 Å². The quantitative estimate of drug-likeness (QED) is 0.420. The molecule has 0 saturated heterocycles. The molecule has 74 valence electrons. The van der Waals surface area contributed by atoms with E-state index in [1.807, 2.05) is 0 Å². The molecule has 0 aromatic heterocycles. The Balaban J connectivity index is 2.73. The van der Waals surface area contributed by atoms with Crippen molar-refractivity contribution in [3.63, 3.8) is 0 Å². The third-order valence-electron chi connectivity index (χ3n) is 1.97. The Hall–Kier alpha value is 0.310. The molecule has 1 nitrogen and oxygen atoms in total. The van der Waals surface area contributed by atoms with Gasteiger partial charge in [-0.15, -0.1) is 0 Å². The zero-order chi connectivity index (χ0) is 9.07. The van der Waals surface area contributed by atoms with Gasteiger partial charge in [0.15, 0.2) is 0 Å². The monoisotopic (exact) mass is 189 g/mol. The van der Waals surface area contributed by atoms with Gasteiger partial charge in [-0.2, -0.15) is 12.6 Å². The van der Waals surface area contributed by atoms with Crippen LogP contribution in [-0.4, -0.2) is 18.8 Å². The minimum absolute atomic E-state index is 1.04. The molecular formula is C10H23NS. The summed E-state index contributed by atoms with van der Waals surface area (Å²) < 4.78 is 0. The van der Waals surface area contributed by atoms with E-state index in [-0.39, 0.29) is 0 Å². The van der Waals surface area contributed by atoms with Crippen LogP contribution in [0.5, 0.6) is 0 Å². The summed E-state index contributed by atoms with van der Waals surface area (Å²) >= 11 is 4.18. The second-order valence-electron chi connectivity index (χ2n) is 3.24. The third-order valence-corrected chi connectivity index (χ3v) is 2.29. The standard InChI is InChI=1S/C10H23NS/c1-2-3-8-11-9-6-4-5-7-10-12/h11-12H,2-10H2,1H3. The van der Waals surface area contributed by atoms with Gasteiger partial charge in [0, 0.05) is 0 Å². The maximum atomic E-state index is 4.18. The Labute approximate surface area is 82.7 Å². The topological polar surface area (TPSA) is 12.0 Å². The third kappa shape index (κ3) is 10.3. The first-order valence-corrected chi connectivity index (χ1v) is 5.86. The molecule has 0 fully saturated rings. The molecule has 0 rings (SSSR count). The molecule has 0 aromatic carbocycles. The molecule has 2 heteroatoms. The predicted molar refractivity (Wildman–Crippen MR) is 60.1 cm³/mol. The zero-order valence-electron chi connectivity index (χ0n) is 8.31. The van der Waals surface area contributed by atoms with Gasteiger partial charge >= 0.3 is 0 Å². The van der Waals surface area contributed by atoms with Crippen LogP contribution in [0.15, 0.2) is 0 Å². The summed E-state index contributed by atoms with van der Waals surface area (Å²) in [5.74, 6) is 1.04. The van der Waals surface area contributed by atoms with Gasteiger partial charge in [0.25, 0.3) is 0 Å². The van der Waals surface area contributed by atoms with Gasteiger partial charge in [-0.25, -0.2) is 0 Å². The van der Waals surface area contributed by atoms with E-state index in [9.17, 15) is 0 Å². The van der Waals surface area contributed by atoms with Crippen molar-refractivity contribution in [3.05, 3.63) is 0 Å². The lowest BCUT2D eigenvalue weighted by Gasteiger charge is -2.02. The van der Waals surface area contributed by atoms with Crippen molar-refractivity contribution < 1.29 is 0 Å². The van der Waals surface area contributed by atoms with Crippen molar-refractivity contribution in [2.24, 2.45) is 0 Å². The molecule has 0 saturated carbocycles. The van der Waals surface area contributed by atoms with Gasteiger partial charge in [-0.3, -0.25) is 0 Å². The molecule has 0 unspecified atom stereocenters. The maximum Gasteiger partial charge on any atom is -0.00489 e. The first kappa shape index (κ1) is 12.3. The van der Waals surface area contributed by atoms with Gasteiger partial charge in [0.2, 0.25) is 0 Å². The van der Waals surface area contributed by atoms with Gasteiger partial charge < -0.3 is 5.32 Å². The Morgan fingerprint density at radius 3 is 2.25 bits per heavy atom. The highest BCUT2D eigenvalue weighted by molar-refractivity contribution is 7.80. The Bertz CT molecular complexity index is 66.2. The molecule has 1 N–H and O–H groups in total. The molecule has 0 aliphatic heterocycles. The highest BCUT2D eigenvalue weighted by Crippen LogP contribution is 1.99. The molecule has 0 atom stereocenters. The van der Waals surface area contributed by atoms with Crippen LogP contribution in [-0.2, 0) is 0 Å². The predicted octanol–water partition coefficient (Wildman–Crippen LogP) is 2.87. The van der Waals surface area contributed by atoms with Crippen LogP contribution in [0.25, 0.3) is 0 Å². The lowest BCUT2D eigenvalue weighted by Crippen LogP contribution is -2.16. The number of rotatable bonds is 9. The molecule has 0 heterocycles. The zero-order valence-corrected chi connectivity index (χ0v) is 9.21. The van der Waals surface area contributed by atoms with Gasteiger partial charge in [-0.05, 0) is 38.1 Å². The minimum atomic E-state index is 1.04. The summed E-state index contributed by atoms with van der Waals surface area (Å²) in [5.41, 5.74) is 0. The van der Waals surface area contributed by atoms with E-state index in [0.717, 1.165) is 5.75 Å². The number of hydrogen-bond donors (Lipinski definition) is 2. The largest absolute Gasteiger partial charge is 0.317 e. The van der Waals surface area contributed by atoms with Crippen molar-refractivity contribution in [2.75, 3.05) is 18.8 Å². The van der Waals surface area contributed by atoms with Crippen LogP contribution in [0.1, 0.15) is 45.4 Å². The van der Waals surface area contributed by atoms with Crippen LogP contribution in [0.3, 0.4) is 0 Å². The van der Waals surface area contributed by atoms with E-state index in [1.54, 1.807) is 0 Å². The summed E-state index contributed by atoms with van der Waals surface area (Å²) in [7, 11) is 0. The van der Waals surface area contributed by atoms with Crippen LogP contribution < -0.4 is 5.32 Å². The summed E-state index contributed by atoms with van der Waals surface area (Å²) in [6, 6.07) is 0. The average Bonchev–Trinajstić information content (AvgIpc) is 2.10. The van der Waals surface area contributed by atoms with E-state index < -0.39 is 0 Å². The smallest absolute Gasteiger partial charge is 0.00489 e. The Kier molecular flexibility index (Phi) is 11.6. The summed E-state index contributed by atoms with van der Waals surface area (Å²) in [5, 5.41) is 3.44. The molecular weight excluding hydrogens is 166 g/mol. The van der Waals surface area contributed by atoms with Crippen LogP contribution in [0, 0.1) is 0 Å². The lowest BCUT2D eigenvalue weighted by molar-refractivity contribution is 0.583. The Morgan fingerprint density at radius 1 is 0.917 bits per heavy atom. The summed E-state index contributed by atoms with van der Waals surface area (Å²) in [6.45, 7) is 4.63. The summed E-state index contributed by atoms with van der Waals surface area (Å²) in [6.07, 6.45) is 7.93. The highest BCUT2D eigenvalue weighted by Gasteiger charge is 1.88. The van der Waals surface area contributed by atoms with Crippen molar-refractivity contribution >= 4 is 12.6 Å². The molecule has 0 radical (unpaired) electrons. The first-order valence-electron chi connectivity index (χ1n) is 5.23. The van der Waals surface area contributed by atoms with Crippen molar-refractivity contribution in [1.29, 1.82) is 0 Å². The van der Waals surface area contributed by atoms with Crippen LogP contribution >= 0.6 is 12.6 Å². The molecule has 0 spiro atoms. The van der Waals surface area contributed by atoms with E-state index in [4.69, 9.17) is 0 Å². The van der Waals surface area contributed by atoms with E-state index >= 15 is 0 Å². The van der Waals surface area contributed by atoms with Crippen LogP contribution in [0.4, 0.5) is 0 Å². The van der Waals surface area contributed by atoms with Crippen molar-refractivity contribution in [2.45, 2.75) is 45.4 Å². The molecule has 12 heavy (non-hydrogen) atoms. The van der Waals surface area contributed by atoms with Crippen molar-refractivity contribution in [3.8, 4) is 0 Å². The fourth-order valence-electron chi connectivity index (χ4n) is 1.14. The lowest BCUT2D eigenvalue weighted by atomic mass is 10.2. The van der Waals surface area contributed by atoms with Crippen LogP contribution in [0.2, 0.25) is 0 Å². The molecule has 0 aliphatic rings. The molecule has 0 amide bonds. The number of nitrogens with one attached hydrogen (secondary N) is 1. The Morgan fingerprint density at radius 2 is 1.58 bits per heavy atom. The number of hydrogen-bond acceptors (Lipinski definition) is 2. The van der Waals surface area contributed by atoms with Gasteiger partial charge in [0.05, 0.1) is 0 Å². The fraction of sp³-hybridized carbons (Fsp3) is 1.00. The maximum absolute atomic E-state index is 4.18. The number of thiol groups is 1. The van der Waals surface area contributed by atoms with Gasteiger partial charge in [-0.1, -0.05) is 26.2 Å².